The molecule has 1 saturated heterocycles. The van der Waals surface area contributed by atoms with Crippen LogP contribution in [0.1, 0.15) is 52.3 Å². The Labute approximate surface area is 220 Å². The van der Waals surface area contributed by atoms with E-state index in [2.05, 4.69) is 20.4 Å². The lowest BCUT2D eigenvalue weighted by Gasteiger charge is -2.28. The predicted molar refractivity (Wildman–Crippen MR) is 148 cm³/mol. The Hall–Kier alpha value is -3.85. The first-order valence-corrected chi connectivity index (χ1v) is 13.2. The summed E-state index contributed by atoms with van der Waals surface area (Å²) in [5.41, 5.74) is 1.97. The lowest BCUT2D eigenvalue weighted by Crippen LogP contribution is -2.40. The minimum atomic E-state index is -0.659. The van der Waals surface area contributed by atoms with Crippen molar-refractivity contribution < 1.29 is 14.3 Å². The van der Waals surface area contributed by atoms with E-state index in [0.29, 0.717) is 26.8 Å². The molecule has 2 amide bonds. The van der Waals surface area contributed by atoms with Crippen LogP contribution in [0.3, 0.4) is 0 Å². The third kappa shape index (κ3) is 4.79. The second kappa shape index (κ2) is 9.89. The van der Waals surface area contributed by atoms with Crippen LogP contribution in [0.4, 0.5) is 11.5 Å². The number of H-pyrrole nitrogens is 1. The van der Waals surface area contributed by atoms with Crippen LogP contribution in [0, 0.1) is 0 Å². The number of hydrogen-bond donors (Lipinski definition) is 2. The summed E-state index contributed by atoms with van der Waals surface area (Å²) in [5.74, 6) is 0.914. The molecule has 1 aliphatic rings. The van der Waals surface area contributed by atoms with Gasteiger partial charge >= 0.3 is 0 Å². The summed E-state index contributed by atoms with van der Waals surface area (Å²) in [5, 5.41) is 11.2. The first-order chi connectivity index (χ1) is 17.8. The maximum atomic E-state index is 13.2. The van der Waals surface area contributed by atoms with E-state index in [1.165, 1.54) is 24.2 Å². The van der Waals surface area contributed by atoms with Crippen molar-refractivity contribution in [1.29, 1.82) is 0 Å². The molecule has 2 N–H and O–H groups in total. The molecule has 0 aliphatic carbocycles. The van der Waals surface area contributed by atoms with E-state index in [1.807, 2.05) is 62.4 Å². The molecule has 0 radical (unpaired) electrons. The number of aromatic nitrogens is 2. The van der Waals surface area contributed by atoms with Crippen molar-refractivity contribution in [3.8, 4) is 5.75 Å². The lowest BCUT2D eigenvalue weighted by molar-refractivity contribution is 0.0914. The molecule has 9 heteroatoms. The molecular weight excluding hydrogens is 486 g/mol. The van der Waals surface area contributed by atoms with E-state index < -0.39 is 5.54 Å². The number of carbonyl (C=O) groups is 2. The Morgan fingerprint density at radius 1 is 1.11 bits per heavy atom. The fourth-order valence-corrected chi connectivity index (χ4v) is 5.71. The van der Waals surface area contributed by atoms with Gasteiger partial charge in [-0.05, 0) is 63.1 Å². The van der Waals surface area contributed by atoms with Gasteiger partial charge in [0.05, 0.1) is 22.9 Å². The van der Waals surface area contributed by atoms with Crippen LogP contribution in [0.2, 0.25) is 0 Å². The van der Waals surface area contributed by atoms with Crippen molar-refractivity contribution in [2.45, 2.75) is 32.2 Å². The molecule has 5 rings (SSSR count). The van der Waals surface area contributed by atoms with Crippen LogP contribution in [0.15, 0.2) is 54.6 Å². The maximum Gasteiger partial charge on any atom is 0.262 e. The summed E-state index contributed by atoms with van der Waals surface area (Å²) in [6.07, 6.45) is 2.41. The van der Waals surface area contributed by atoms with Crippen molar-refractivity contribution in [1.82, 2.24) is 15.5 Å². The zero-order chi connectivity index (χ0) is 26.2. The molecule has 192 valence electrons. The average molecular weight is 518 g/mol. The number of nitrogens with zero attached hydrogens (tertiary/aromatic N) is 3. The van der Waals surface area contributed by atoms with Crippen LogP contribution in [0.25, 0.3) is 10.2 Å². The second-order valence-corrected chi connectivity index (χ2v) is 10.8. The molecule has 4 aromatic rings. The summed E-state index contributed by atoms with van der Waals surface area (Å²) >= 11 is 1.28. The first kappa shape index (κ1) is 24.8. The van der Waals surface area contributed by atoms with Gasteiger partial charge in [0, 0.05) is 37.0 Å². The third-order valence-electron chi connectivity index (χ3n) is 6.89. The van der Waals surface area contributed by atoms with Gasteiger partial charge in [0.1, 0.15) is 16.4 Å². The number of carbonyl (C=O) groups excluding carboxylic acids is 2. The minimum Gasteiger partial charge on any atom is -0.496 e. The highest BCUT2D eigenvalue weighted by Crippen LogP contribution is 2.34. The van der Waals surface area contributed by atoms with Crippen molar-refractivity contribution in [2.24, 2.45) is 0 Å². The highest BCUT2D eigenvalue weighted by atomic mass is 32.1. The zero-order valence-electron chi connectivity index (χ0n) is 21.5. The van der Waals surface area contributed by atoms with E-state index in [0.717, 1.165) is 29.7 Å². The lowest BCUT2D eigenvalue weighted by atomic mass is 9.93. The number of nitrogens with one attached hydrogen (secondary N) is 2. The number of aromatic amines is 1. The Balaban J connectivity index is 1.34. The molecule has 3 heterocycles. The van der Waals surface area contributed by atoms with Gasteiger partial charge < -0.3 is 15.0 Å². The number of hydrogen-bond acceptors (Lipinski definition) is 6. The molecule has 0 unspecified atom stereocenters. The fraction of sp³-hybridized carbons (Fsp3) is 0.321. The van der Waals surface area contributed by atoms with Crippen LogP contribution in [-0.4, -0.2) is 49.3 Å². The summed E-state index contributed by atoms with van der Waals surface area (Å²) in [6.45, 7) is 6.00. The van der Waals surface area contributed by atoms with Crippen molar-refractivity contribution in [3.05, 3.63) is 70.6 Å². The minimum absolute atomic E-state index is 0.145. The molecule has 2 aromatic carbocycles. The quantitative estimate of drug-likeness (QED) is 0.353. The highest BCUT2D eigenvalue weighted by molar-refractivity contribution is 7.20. The Kier molecular flexibility index (Phi) is 6.64. The molecular formula is C28H31N5O3S. The smallest absolute Gasteiger partial charge is 0.262 e. The SMILES string of the molecule is COc1ccccc1C(C)(C)NC(=O)c1cc2c(N(C)C(=O)c3ccc(N4CCCC4)cc3)[nH]nc2s1. The largest absolute Gasteiger partial charge is 0.496 e. The molecule has 1 aliphatic heterocycles. The van der Waals surface area contributed by atoms with Crippen molar-refractivity contribution in [2.75, 3.05) is 37.0 Å². The molecule has 1 fully saturated rings. The molecule has 0 bridgehead atoms. The van der Waals surface area contributed by atoms with Gasteiger partial charge in [-0.25, -0.2) is 0 Å². The molecule has 0 saturated carbocycles. The van der Waals surface area contributed by atoms with Crippen LogP contribution < -0.4 is 19.9 Å². The fourth-order valence-electron chi connectivity index (χ4n) is 4.82. The monoisotopic (exact) mass is 517 g/mol. The number of rotatable bonds is 7. The number of fused-ring (bicyclic) bond motifs is 1. The van der Waals surface area contributed by atoms with Crippen LogP contribution >= 0.6 is 11.3 Å². The van der Waals surface area contributed by atoms with Gasteiger partial charge in [0.25, 0.3) is 11.8 Å². The Morgan fingerprint density at radius 3 is 2.51 bits per heavy atom. The van der Waals surface area contributed by atoms with E-state index in [1.54, 1.807) is 25.1 Å². The maximum absolute atomic E-state index is 13.2. The number of methoxy groups -OCH3 is 1. The van der Waals surface area contributed by atoms with Gasteiger partial charge in [0.15, 0.2) is 0 Å². The molecule has 0 atom stereocenters. The number of benzene rings is 2. The average Bonchev–Trinajstić information content (AvgIpc) is 3.66. The number of para-hydroxylation sites is 1. The normalized spacial score (nSPS) is 13.7. The van der Waals surface area contributed by atoms with E-state index in [-0.39, 0.29) is 11.8 Å². The van der Waals surface area contributed by atoms with Gasteiger partial charge in [-0.1, -0.05) is 18.2 Å². The highest BCUT2D eigenvalue weighted by Gasteiger charge is 2.28. The Bertz CT molecular complexity index is 1430. The standard InChI is InChI=1S/C28H31N5O3S/c1-28(2,21-9-5-6-10-22(21)36-4)29-25(34)23-17-20-24(30-31-26(20)37-23)32(3)27(35)18-11-13-19(14-12-18)33-15-7-8-16-33/h5-6,9-14,17H,7-8,15-16H2,1-4H3,(H,29,34)(H,30,31). The van der Waals surface area contributed by atoms with Gasteiger partial charge in [-0.15, -0.1) is 11.3 Å². The Morgan fingerprint density at radius 2 is 1.81 bits per heavy atom. The van der Waals surface area contributed by atoms with Gasteiger partial charge in [-0.2, -0.15) is 5.10 Å². The van der Waals surface area contributed by atoms with Crippen LogP contribution in [0.5, 0.6) is 5.75 Å². The third-order valence-corrected chi connectivity index (χ3v) is 7.91. The van der Waals surface area contributed by atoms with E-state index in [9.17, 15) is 9.59 Å². The molecule has 2 aromatic heterocycles. The summed E-state index contributed by atoms with van der Waals surface area (Å²) < 4.78 is 5.49. The van der Waals surface area contributed by atoms with Crippen LogP contribution in [-0.2, 0) is 5.54 Å². The number of ether oxygens (including phenoxy) is 1. The number of amides is 2. The van der Waals surface area contributed by atoms with Crippen molar-refractivity contribution >= 4 is 44.9 Å². The van der Waals surface area contributed by atoms with Gasteiger partial charge in [0.2, 0.25) is 0 Å². The molecule has 37 heavy (non-hydrogen) atoms. The zero-order valence-corrected chi connectivity index (χ0v) is 22.3. The van der Waals surface area contributed by atoms with E-state index >= 15 is 0 Å². The summed E-state index contributed by atoms with van der Waals surface area (Å²) in [6, 6.07) is 17.2. The predicted octanol–water partition coefficient (Wildman–Crippen LogP) is 5.17. The molecule has 0 spiro atoms. The van der Waals surface area contributed by atoms with Crippen molar-refractivity contribution in [3.63, 3.8) is 0 Å². The summed E-state index contributed by atoms with van der Waals surface area (Å²) in [4.78, 5) is 31.5. The first-order valence-electron chi connectivity index (χ1n) is 12.4. The van der Waals surface area contributed by atoms with Gasteiger partial charge in [-0.3, -0.25) is 19.6 Å². The number of anilines is 2. The number of thiophene rings is 1. The second-order valence-electron chi connectivity index (χ2n) is 9.79. The topological polar surface area (TPSA) is 90.6 Å². The van der Waals surface area contributed by atoms with E-state index in [4.69, 9.17) is 4.74 Å². The molecule has 8 nitrogen and oxygen atoms in total. The summed E-state index contributed by atoms with van der Waals surface area (Å²) in [7, 11) is 3.33.